The highest BCUT2D eigenvalue weighted by Crippen LogP contribution is 2.47. The molecule has 172 valence electrons. The van der Waals surface area contributed by atoms with E-state index in [9.17, 15) is 9.59 Å². The van der Waals surface area contributed by atoms with Crippen molar-refractivity contribution in [3.8, 4) is 11.5 Å². The van der Waals surface area contributed by atoms with Crippen LogP contribution in [0.1, 0.15) is 42.6 Å². The number of rotatable bonds is 6. The number of carbonyl (C=O) groups is 2. The van der Waals surface area contributed by atoms with E-state index in [1.807, 2.05) is 48.2 Å². The largest absolute Gasteiger partial charge is 0.465 e. The van der Waals surface area contributed by atoms with E-state index in [1.165, 1.54) is 0 Å². The Balaban J connectivity index is 1.74. The zero-order valence-electron chi connectivity index (χ0n) is 18.5. The van der Waals surface area contributed by atoms with Gasteiger partial charge in [-0.15, -0.1) is 11.6 Å². The summed E-state index contributed by atoms with van der Waals surface area (Å²) >= 11 is 5.89. The van der Waals surface area contributed by atoms with Crippen LogP contribution >= 0.6 is 11.6 Å². The monoisotopic (exact) mass is 468 g/mol. The Morgan fingerprint density at radius 2 is 1.97 bits per heavy atom. The van der Waals surface area contributed by atoms with Crippen LogP contribution < -0.4 is 9.47 Å². The third kappa shape index (κ3) is 3.65. The van der Waals surface area contributed by atoms with E-state index in [4.69, 9.17) is 25.8 Å². The van der Waals surface area contributed by atoms with Crippen molar-refractivity contribution in [2.75, 3.05) is 25.8 Å². The molecule has 0 spiro atoms. The summed E-state index contributed by atoms with van der Waals surface area (Å²) in [7, 11) is 0. The molecule has 1 aromatic heterocycles. The molecule has 0 amide bonds. The lowest BCUT2D eigenvalue weighted by Crippen LogP contribution is -2.52. The summed E-state index contributed by atoms with van der Waals surface area (Å²) in [6, 6.07) is 12.7. The van der Waals surface area contributed by atoms with Gasteiger partial charge in [-0.05, 0) is 36.2 Å². The van der Waals surface area contributed by atoms with Crippen molar-refractivity contribution in [3.05, 3.63) is 59.3 Å². The maximum atomic E-state index is 13.3. The highest BCUT2D eigenvalue weighted by molar-refractivity contribution is 6.27. The number of halogens is 1. The van der Waals surface area contributed by atoms with Gasteiger partial charge in [0.15, 0.2) is 17.3 Å². The predicted molar refractivity (Wildman–Crippen MR) is 124 cm³/mol. The van der Waals surface area contributed by atoms with Crippen LogP contribution in [0, 0.1) is 0 Å². The fraction of sp³-hybridized carbons (Fsp3) is 0.360. The van der Waals surface area contributed by atoms with Crippen molar-refractivity contribution in [1.82, 2.24) is 9.88 Å². The lowest BCUT2D eigenvalue weighted by Gasteiger charge is -2.43. The number of alkyl halides is 1. The van der Waals surface area contributed by atoms with E-state index < -0.39 is 12.1 Å². The molecule has 0 bridgehead atoms. The fourth-order valence-electron chi connectivity index (χ4n) is 5.11. The van der Waals surface area contributed by atoms with Gasteiger partial charge in [-0.3, -0.25) is 14.5 Å². The first-order valence-corrected chi connectivity index (χ1v) is 11.6. The van der Waals surface area contributed by atoms with Crippen molar-refractivity contribution in [2.45, 2.75) is 31.8 Å². The second-order valence-corrected chi connectivity index (χ2v) is 8.61. The van der Waals surface area contributed by atoms with Crippen LogP contribution in [0.15, 0.2) is 42.5 Å². The summed E-state index contributed by atoms with van der Waals surface area (Å²) < 4.78 is 16.6. The number of ketones is 1. The molecule has 0 saturated carbocycles. The predicted octanol–water partition coefficient (Wildman–Crippen LogP) is 4.14. The van der Waals surface area contributed by atoms with E-state index in [-0.39, 0.29) is 43.5 Å². The molecule has 0 radical (unpaired) electrons. The standard InChI is InChI=1S/C25H25ClN2O5/c1-3-31-25(30)23-14(2)21-17-6-4-5-7-18(17)27-22(21)24(28(23)12-16(29)11-26)15-8-9-19-20(10-15)33-13-32-19/h4-10,14,23-24,27H,3,11-13H2,1-2H3/t14-,23-,24-/m1/s1. The van der Waals surface area contributed by atoms with Crippen LogP contribution in [0.4, 0.5) is 0 Å². The molecular formula is C25H25ClN2O5. The van der Waals surface area contributed by atoms with E-state index in [1.54, 1.807) is 6.92 Å². The molecule has 33 heavy (non-hydrogen) atoms. The van der Waals surface area contributed by atoms with E-state index in [0.717, 1.165) is 27.7 Å². The summed E-state index contributed by atoms with van der Waals surface area (Å²) in [5.74, 6) is 0.458. The molecule has 8 heteroatoms. The molecule has 0 fully saturated rings. The number of para-hydroxylation sites is 1. The molecule has 2 aromatic carbocycles. The molecule has 3 heterocycles. The molecular weight excluding hydrogens is 444 g/mol. The number of ether oxygens (including phenoxy) is 3. The number of carbonyl (C=O) groups excluding carboxylic acids is 2. The van der Waals surface area contributed by atoms with Gasteiger partial charge in [-0.1, -0.05) is 31.2 Å². The van der Waals surface area contributed by atoms with Crippen LogP contribution in [-0.4, -0.2) is 53.5 Å². The molecule has 0 aliphatic carbocycles. The van der Waals surface area contributed by atoms with Crippen molar-refractivity contribution < 1.29 is 23.8 Å². The minimum atomic E-state index is -0.653. The normalized spacial score (nSPS) is 21.7. The summed E-state index contributed by atoms with van der Waals surface area (Å²) in [5.41, 5.74) is 3.87. The minimum Gasteiger partial charge on any atom is -0.465 e. The molecule has 5 rings (SSSR count). The van der Waals surface area contributed by atoms with Crippen LogP contribution in [0.2, 0.25) is 0 Å². The van der Waals surface area contributed by atoms with Gasteiger partial charge < -0.3 is 19.2 Å². The Morgan fingerprint density at radius 3 is 2.76 bits per heavy atom. The number of H-pyrrole nitrogens is 1. The molecule has 3 atom stereocenters. The summed E-state index contributed by atoms with van der Waals surface area (Å²) in [4.78, 5) is 31.3. The number of aromatic nitrogens is 1. The van der Waals surface area contributed by atoms with Crippen molar-refractivity contribution in [2.24, 2.45) is 0 Å². The van der Waals surface area contributed by atoms with Crippen molar-refractivity contribution >= 4 is 34.3 Å². The number of Topliss-reactive ketones (excluding diaryl/α,β-unsaturated/α-hetero) is 1. The van der Waals surface area contributed by atoms with Gasteiger partial charge in [0.05, 0.1) is 25.1 Å². The number of benzene rings is 2. The van der Waals surface area contributed by atoms with Gasteiger partial charge in [-0.2, -0.15) is 0 Å². The molecule has 1 N–H and O–H groups in total. The fourth-order valence-corrected chi connectivity index (χ4v) is 5.19. The van der Waals surface area contributed by atoms with Gasteiger partial charge in [0.2, 0.25) is 6.79 Å². The Kier molecular flexibility index (Phi) is 5.76. The lowest BCUT2D eigenvalue weighted by atomic mass is 9.80. The Bertz CT molecular complexity index is 1220. The average molecular weight is 469 g/mol. The van der Waals surface area contributed by atoms with Crippen molar-refractivity contribution in [3.63, 3.8) is 0 Å². The Morgan fingerprint density at radius 1 is 1.18 bits per heavy atom. The van der Waals surface area contributed by atoms with E-state index in [2.05, 4.69) is 11.1 Å². The maximum absolute atomic E-state index is 13.3. The van der Waals surface area contributed by atoms with Gasteiger partial charge in [0.1, 0.15) is 6.04 Å². The number of hydrogen-bond acceptors (Lipinski definition) is 6. The quantitative estimate of drug-likeness (QED) is 0.432. The van der Waals surface area contributed by atoms with Gasteiger partial charge in [-0.25, -0.2) is 0 Å². The third-order valence-corrected chi connectivity index (χ3v) is 6.71. The zero-order chi connectivity index (χ0) is 23.1. The first kappa shape index (κ1) is 21.8. The lowest BCUT2D eigenvalue weighted by molar-refractivity contribution is -0.152. The topological polar surface area (TPSA) is 80.9 Å². The van der Waals surface area contributed by atoms with Gasteiger partial charge in [0, 0.05) is 22.5 Å². The number of aromatic amines is 1. The van der Waals surface area contributed by atoms with E-state index >= 15 is 0 Å². The van der Waals surface area contributed by atoms with Gasteiger partial charge in [0.25, 0.3) is 0 Å². The second kappa shape index (κ2) is 8.72. The number of nitrogens with one attached hydrogen (secondary N) is 1. The van der Waals surface area contributed by atoms with Crippen molar-refractivity contribution in [1.29, 1.82) is 0 Å². The number of esters is 1. The smallest absolute Gasteiger partial charge is 0.324 e. The Hall–Kier alpha value is -3.03. The first-order valence-electron chi connectivity index (χ1n) is 11.0. The number of nitrogens with zero attached hydrogens (tertiary/aromatic N) is 1. The molecule has 7 nitrogen and oxygen atoms in total. The summed E-state index contributed by atoms with van der Waals surface area (Å²) in [6.45, 7) is 4.23. The van der Waals surface area contributed by atoms with Gasteiger partial charge >= 0.3 is 5.97 Å². The van der Waals surface area contributed by atoms with Crippen LogP contribution in [0.3, 0.4) is 0 Å². The molecule has 2 aliphatic rings. The highest BCUT2D eigenvalue weighted by atomic mass is 35.5. The third-order valence-electron chi connectivity index (χ3n) is 6.42. The van der Waals surface area contributed by atoms with E-state index in [0.29, 0.717) is 11.5 Å². The second-order valence-electron chi connectivity index (χ2n) is 8.34. The number of hydrogen-bond donors (Lipinski definition) is 1. The number of fused-ring (bicyclic) bond motifs is 4. The van der Waals surface area contributed by atoms with Crippen LogP contribution in [-0.2, 0) is 14.3 Å². The summed E-state index contributed by atoms with van der Waals surface area (Å²) in [5, 5.41) is 1.06. The maximum Gasteiger partial charge on any atom is 0.324 e. The molecule has 0 saturated heterocycles. The molecule has 3 aromatic rings. The first-order chi connectivity index (χ1) is 16.0. The zero-order valence-corrected chi connectivity index (χ0v) is 19.2. The SMILES string of the molecule is CCOC(=O)[C@H]1[C@H](C)c2c([nH]c3ccccc23)[C@@H](c2ccc3c(c2)OCO3)N1CC(=O)CCl. The van der Waals surface area contributed by atoms with Crippen LogP contribution in [0.25, 0.3) is 10.9 Å². The Labute approximate surface area is 196 Å². The average Bonchev–Trinajstić information content (AvgIpc) is 3.43. The van der Waals surface area contributed by atoms with Crippen LogP contribution in [0.5, 0.6) is 11.5 Å². The minimum absolute atomic E-state index is 0.0191. The summed E-state index contributed by atoms with van der Waals surface area (Å²) in [6.07, 6.45) is 0. The highest BCUT2D eigenvalue weighted by Gasteiger charge is 2.46. The molecule has 0 unspecified atom stereocenters. The molecule has 2 aliphatic heterocycles.